The third-order valence-electron chi connectivity index (χ3n) is 3.00. The van der Waals surface area contributed by atoms with Gasteiger partial charge in [-0.15, -0.1) is 0 Å². The van der Waals surface area contributed by atoms with Crippen molar-refractivity contribution in [2.45, 2.75) is 10.7 Å². The Kier molecular flexibility index (Phi) is 3.75. The second-order valence-electron chi connectivity index (χ2n) is 4.57. The quantitative estimate of drug-likeness (QED) is 0.729. The van der Waals surface area contributed by atoms with Crippen LogP contribution in [0.3, 0.4) is 0 Å². The molecule has 8 heteroatoms. The van der Waals surface area contributed by atoms with E-state index in [1.54, 1.807) is 18.2 Å². The molecular weight excluding hydrogens is 374 g/mol. The zero-order valence-corrected chi connectivity index (χ0v) is 13.5. The van der Waals surface area contributed by atoms with Crippen molar-refractivity contribution < 1.29 is 22.7 Å². The fourth-order valence-electron chi connectivity index (χ4n) is 1.99. The zero-order chi connectivity index (χ0) is 15.8. The molecule has 0 unspecified atom stereocenters. The first kappa shape index (κ1) is 15.1. The minimum absolute atomic E-state index is 0.0770. The van der Waals surface area contributed by atoms with Gasteiger partial charge in [-0.1, -0.05) is 12.1 Å². The molecule has 0 atom stereocenters. The molecule has 0 saturated carbocycles. The molecule has 0 amide bonds. The van der Waals surface area contributed by atoms with Crippen LogP contribution in [0.4, 0.5) is 0 Å². The van der Waals surface area contributed by atoms with Crippen LogP contribution < -0.4 is 0 Å². The number of benzene rings is 1. The lowest BCUT2D eigenvalue weighted by molar-refractivity contribution is -0.147. The standard InChI is InChI=1S/C14H10BrNO5S/c15-11-3-1-2-4-12(11)22(18,19)16-10-5-7-14(8-6-10)20-9-13(17)21-14/h1-8H,9H2. The van der Waals surface area contributed by atoms with Crippen molar-refractivity contribution in [3.05, 3.63) is 53.0 Å². The van der Waals surface area contributed by atoms with Crippen LogP contribution in [-0.4, -0.2) is 32.5 Å². The average Bonchev–Trinajstić information content (AvgIpc) is 2.83. The normalized spacial score (nSPS) is 23.9. The van der Waals surface area contributed by atoms with Gasteiger partial charge in [0.25, 0.3) is 15.8 Å². The topological polar surface area (TPSA) is 82.0 Å². The van der Waals surface area contributed by atoms with Crippen molar-refractivity contribution in [3.8, 4) is 0 Å². The van der Waals surface area contributed by atoms with Crippen molar-refractivity contribution in [2.75, 3.05) is 6.61 Å². The molecule has 1 saturated heterocycles. The van der Waals surface area contributed by atoms with Crippen LogP contribution in [0.2, 0.25) is 0 Å². The van der Waals surface area contributed by atoms with Gasteiger partial charge < -0.3 is 9.47 Å². The predicted octanol–water partition coefficient (Wildman–Crippen LogP) is 1.97. The maximum absolute atomic E-state index is 12.3. The molecule has 3 rings (SSSR count). The van der Waals surface area contributed by atoms with Crippen LogP contribution in [-0.2, 0) is 24.3 Å². The number of hydrogen-bond acceptors (Lipinski definition) is 5. The van der Waals surface area contributed by atoms with E-state index >= 15 is 0 Å². The van der Waals surface area contributed by atoms with Gasteiger partial charge in [0.1, 0.15) is 11.5 Å². The molecule has 0 N–H and O–H groups in total. The van der Waals surface area contributed by atoms with Crippen molar-refractivity contribution >= 4 is 37.6 Å². The maximum Gasteiger partial charge on any atom is 0.335 e. The molecule has 22 heavy (non-hydrogen) atoms. The highest BCUT2D eigenvalue weighted by molar-refractivity contribution is 9.10. The van der Waals surface area contributed by atoms with E-state index in [2.05, 4.69) is 20.3 Å². The number of allylic oxidation sites excluding steroid dienone is 2. The summed E-state index contributed by atoms with van der Waals surface area (Å²) in [4.78, 5) is 11.2. The summed E-state index contributed by atoms with van der Waals surface area (Å²) in [5.74, 6) is -1.72. The Labute approximate surface area is 135 Å². The van der Waals surface area contributed by atoms with Gasteiger partial charge in [-0.3, -0.25) is 0 Å². The van der Waals surface area contributed by atoms with Crippen molar-refractivity contribution in [1.29, 1.82) is 0 Å². The third-order valence-corrected chi connectivity index (χ3v) is 5.32. The van der Waals surface area contributed by atoms with Gasteiger partial charge in [-0.05, 0) is 52.4 Å². The number of sulfonamides is 1. The number of hydrogen-bond donors (Lipinski definition) is 0. The second kappa shape index (κ2) is 5.45. The average molecular weight is 384 g/mol. The van der Waals surface area contributed by atoms with Crippen LogP contribution in [0.1, 0.15) is 0 Å². The Hall–Kier alpha value is -1.77. The lowest BCUT2D eigenvalue weighted by Gasteiger charge is -2.20. The Morgan fingerprint density at radius 3 is 2.45 bits per heavy atom. The van der Waals surface area contributed by atoms with Gasteiger partial charge in [-0.25, -0.2) is 4.79 Å². The van der Waals surface area contributed by atoms with Gasteiger partial charge >= 0.3 is 5.97 Å². The number of nitrogens with zero attached hydrogens (tertiary/aromatic N) is 1. The molecule has 0 radical (unpaired) electrons. The highest BCUT2D eigenvalue weighted by Crippen LogP contribution is 2.27. The summed E-state index contributed by atoms with van der Waals surface area (Å²) in [5, 5.41) is 0. The molecule has 6 nitrogen and oxygen atoms in total. The summed E-state index contributed by atoms with van der Waals surface area (Å²) in [5.41, 5.74) is 0.216. The van der Waals surface area contributed by atoms with Crippen molar-refractivity contribution in [2.24, 2.45) is 4.40 Å². The molecule has 1 aromatic carbocycles. The minimum Gasteiger partial charge on any atom is -0.424 e. The van der Waals surface area contributed by atoms with Gasteiger partial charge in [0.15, 0.2) is 0 Å². The zero-order valence-electron chi connectivity index (χ0n) is 11.1. The number of carbonyl (C=O) groups is 1. The second-order valence-corrected chi connectivity index (χ2v) is 7.00. The van der Waals surface area contributed by atoms with Crippen molar-refractivity contribution in [1.82, 2.24) is 0 Å². The number of carbonyl (C=O) groups excluding carboxylic acids is 1. The molecule has 1 heterocycles. The van der Waals surface area contributed by atoms with E-state index in [0.29, 0.717) is 4.47 Å². The van der Waals surface area contributed by atoms with E-state index in [4.69, 9.17) is 9.47 Å². The first-order chi connectivity index (χ1) is 10.4. The maximum atomic E-state index is 12.3. The molecule has 1 aliphatic carbocycles. The molecule has 0 aromatic heterocycles. The summed E-state index contributed by atoms with van der Waals surface area (Å²) in [6, 6.07) is 6.42. The van der Waals surface area contributed by atoms with Gasteiger partial charge in [0, 0.05) is 4.47 Å². The molecular formula is C14H10BrNO5S. The predicted molar refractivity (Wildman–Crippen MR) is 81.8 cm³/mol. The number of esters is 1. The molecule has 1 fully saturated rings. The van der Waals surface area contributed by atoms with E-state index < -0.39 is 21.8 Å². The van der Waals surface area contributed by atoms with E-state index in [1.165, 1.54) is 30.4 Å². The molecule has 114 valence electrons. The fraction of sp³-hybridized carbons (Fsp3) is 0.143. The summed E-state index contributed by atoms with van der Waals surface area (Å²) < 4.78 is 39.0. The summed E-state index contributed by atoms with van der Waals surface area (Å²) >= 11 is 3.19. The monoisotopic (exact) mass is 383 g/mol. The van der Waals surface area contributed by atoms with E-state index in [9.17, 15) is 13.2 Å². The third kappa shape index (κ3) is 2.90. The number of ether oxygens (including phenoxy) is 2. The van der Waals surface area contributed by atoms with Crippen LogP contribution in [0.25, 0.3) is 0 Å². The lowest BCUT2D eigenvalue weighted by Crippen LogP contribution is -2.27. The van der Waals surface area contributed by atoms with E-state index in [-0.39, 0.29) is 17.2 Å². The van der Waals surface area contributed by atoms with Crippen LogP contribution in [0, 0.1) is 0 Å². The number of halogens is 1. The summed E-state index contributed by atoms with van der Waals surface area (Å²) in [6.45, 7) is -0.142. The largest absolute Gasteiger partial charge is 0.424 e. The van der Waals surface area contributed by atoms with Gasteiger partial charge in [0.05, 0.1) is 5.71 Å². The Morgan fingerprint density at radius 2 is 1.86 bits per heavy atom. The molecule has 1 spiro atoms. The first-order valence-corrected chi connectivity index (χ1v) is 8.47. The molecule has 1 aromatic rings. The van der Waals surface area contributed by atoms with Crippen LogP contribution in [0.5, 0.6) is 0 Å². The summed E-state index contributed by atoms with van der Waals surface area (Å²) in [7, 11) is -3.85. The fourth-order valence-corrected chi connectivity index (χ4v) is 3.95. The minimum atomic E-state index is -3.85. The molecule has 2 aliphatic rings. The number of rotatable bonds is 2. The Morgan fingerprint density at radius 1 is 1.18 bits per heavy atom. The van der Waals surface area contributed by atoms with Crippen LogP contribution in [0.15, 0.2) is 62.3 Å². The molecule has 1 aliphatic heterocycles. The Bertz CT molecular complexity index is 809. The smallest absolute Gasteiger partial charge is 0.335 e. The molecule has 0 bridgehead atoms. The SMILES string of the molecule is O=C1COC2(C=CC(=NS(=O)(=O)c3ccccc3Br)C=C2)O1. The van der Waals surface area contributed by atoms with Crippen LogP contribution >= 0.6 is 15.9 Å². The highest BCUT2D eigenvalue weighted by Gasteiger charge is 2.38. The first-order valence-electron chi connectivity index (χ1n) is 6.24. The van der Waals surface area contributed by atoms with Gasteiger partial charge in [-0.2, -0.15) is 12.8 Å². The van der Waals surface area contributed by atoms with Gasteiger partial charge in [0.2, 0.25) is 0 Å². The highest BCUT2D eigenvalue weighted by atomic mass is 79.9. The van der Waals surface area contributed by atoms with E-state index in [1.807, 2.05) is 0 Å². The van der Waals surface area contributed by atoms with E-state index in [0.717, 1.165) is 0 Å². The summed E-state index contributed by atoms with van der Waals surface area (Å²) in [6.07, 6.45) is 5.78. The van der Waals surface area contributed by atoms with Crippen molar-refractivity contribution in [3.63, 3.8) is 0 Å². The lowest BCUT2D eigenvalue weighted by atomic mass is 10.1. The Balaban J connectivity index is 1.89.